The summed E-state index contributed by atoms with van der Waals surface area (Å²) in [6.45, 7) is 4.55. The minimum Gasteiger partial charge on any atom is -0.0810 e. The van der Waals surface area contributed by atoms with Gasteiger partial charge in [0.15, 0.2) is 0 Å². The summed E-state index contributed by atoms with van der Waals surface area (Å²) >= 11 is 0. The van der Waals surface area contributed by atoms with Gasteiger partial charge in [0.2, 0.25) is 0 Å². The zero-order valence-electron chi connectivity index (χ0n) is 10.4. The Kier molecular flexibility index (Phi) is 6.47. The van der Waals surface area contributed by atoms with Gasteiger partial charge in [-0.3, -0.25) is 0 Å². The normalized spacial score (nSPS) is 28.4. The van der Waals surface area contributed by atoms with Gasteiger partial charge >= 0.3 is 0 Å². The van der Waals surface area contributed by atoms with Crippen LogP contribution in [0.4, 0.5) is 0 Å². The molecule has 0 spiro atoms. The molecule has 1 aliphatic rings. The van der Waals surface area contributed by atoms with Crippen molar-refractivity contribution in [1.82, 2.24) is 0 Å². The van der Waals surface area contributed by atoms with Crippen molar-refractivity contribution in [2.24, 2.45) is 5.92 Å². The molecule has 1 unspecified atom stereocenters. The van der Waals surface area contributed by atoms with Crippen LogP contribution < -0.4 is 0 Å². The van der Waals surface area contributed by atoms with Crippen LogP contribution in [0.1, 0.15) is 65.2 Å². The molecule has 0 fully saturated rings. The highest BCUT2D eigenvalue weighted by molar-refractivity contribution is 5.17. The summed E-state index contributed by atoms with van der Waals surface area (Å²) in [6, 6.07) is 0. The Balaban J connectivity index is 2.53. The molecule has 0 aromatic carbocycles. The highest BCUT2D eigenvalue weighted by Gasteiger charge is 2.07. The summed E-state index contributed by atoms with van der Waals surface area (Å²) in [6.07, 6.45) is 18.5. The predicted octanol–water partition coefficient (Wildman–Crippen LogP) is 5.06. The van der Waals surface area contributed by atoms with Crippen LogP contribution in [0.15, 0.2) is 17.7 Å². The topological polar surface area (TPSA) is 0 Å². The first-order chi connectivity index (χ1) is 7.36. The summed E-state index contributed by atoms with van der Waals surface area (Å²) in [5, 5.41) is 0. The highest BCUT2D eigenvalue weighted by Crippen LogP contribution is 2.23. The van der Waals surface area contributed by atoms with E-state index in [1.165, 1.54) is 50.5 Å². The first-order valence-electron chi connectivity index (χ1n) is 6.62. The van der Waals surface area contributed by atoms with Crippen molar-refractivity contribution in [1.29, 1.82) is 0 Å². The number of allylic oxidation sites excluding steroid dienone is 4. The Morgan fingerprint density at radius 1 is 1.33 bits per heavy atom. The van der Waals surface area contributed by atoms with Gasteiger partial charge in [-0.1, -0.05) is 50.8 Å². The summed E-state index contributed by atoms with van der Waals surface area (Å²) < 4.78 is 0. The van der Waals surface area contributed by atoms with E-state index >= 15 is 0 Å². The second-order valence-corrected chi connectivity index (χ2v) is 4.66. The molecular formula is C15H25. The summed E-state index contributed by atoms with van der Waals surface area (Å²) in [5.41, 5.74) is 1.51. The molecule has 1 aliphatic carbocycles. The predicted molar refractivity (Wildman–Crippen MR) is 67.7 cm³/mol. The minimum absolute atomic E-state index is 0.926. The maximum atomic E-state index is 3.43. The zero-order valence-corrected chi connectivity index (χ0v) is 10.4. The van der Waals surface area contributed by atoms with Crippen LogP contribution >= 0.6 is 0 Å². The van der Waals surface area contributed by atoms with Crippen LogP contribution in [0.3, 0.4) is 0 Å². The van der Waals surface area contributed by atoms with Crippen LogP contribution in [0.2, 0.25) is 0 Å². The van der Waals surface area contributed by atoms with Gasteiger partial charge < -0.3 is 0 Å². The maximum Gasteiger partial charge on any atom is -0.0276 e. The smallest absolute Gasteiger partial charge is 0.0276 e. The lowest BCUT2D eigenvalue weighted by Gasteiger charge is -2.13. The van der Waals surface area contributed by atoms with Crippen molar-refractivity contribution in [3.05, 3.63) is 23.8 Å². The van der Waals surface area contributed by atoms with E-state index in [9.17, 15) is 0 Å². The lowest BCUT2D eigenvalue weighted by atomic mass is 9.93. The third-order valence-corrected chi connectivity index (χ3v) is 3.17. The van der Waals surface area contributed by atoms with Gasteiger partial charge in [-0.15, -0.1) is 0 Å². The second kappa shape index (κ2) is 7.73. The lowest BCUT2D eigenvalue weighted by Crippen LogP contribution is -1.98. The van der Waals surface area contributed by atoms with Crippen LogP contribution in [-0.4, -0.2) is 0 Å². The van der Waals surface area contributed by atoms with E-state index in [0.717, 1.165) is 12.3 Å². The molecule has 0 N–H and O–H groups in total. The summed E-state index contributed by atoms with van der Waals surface area (Å²) in [5.74, 6) is 0.926. The zero-order chi connectivity index (χ0) is 10.9. The second-order valence-electron chi connectivity index (χ2n) is 4.66. The van der Waals surface area contributed by atoms with Crippen LogP contribution in [0.25, 0.3) is 0 Å². The molecule has 85 valence electrons. The molecular weight excluding hydrogens is 180 g/mol. The minimum atomic E-state index is 0.926. The molecule has 0 saturated heterocycles. The fourth-order valence-electron chi connectivity index (χ4n) is 2.32. The largest absolute Gasteiger partial charge is 0.0810 e. The molecule has 0 bridgehead atoms. The van der Waals surface area contributed by atoms with E-state index in [2.05, 4.69) is 32.1 Å². The highest BCUT2D eigenvalue weighted by atomic mass is 14.1. The van der Waals surface area contributed by atoms with E-state index in [4.69, 9.17) is 0 Å². The third kappa shape index (κ3) is 5.20. The summed E-state index contributed by atoms with van der Waals surface area (Å²) in [7, 11) is 0. The van der Waals surface area contributed by atoms with E-state index in [1.54, 1.807) is 0 Å². The van der Waals surface area contributed by atoms with Gasteiger partial charge in [-0.25, -0.2) is 0 Å². The molecule has 0 aromatic rings. The fourth-order valence-corrected chi connectivity index (χ4v) is 2.32. The summed E-state index contributed by atoms with van der Waals surface area (Å²) in [4.78, 5) is 0. The first-order valence-corrected chi connectivity index (χ1v) is 6.62. The van der Waals surface area contributed by atoms with Crippen LogP contribution in [0.5, 0.6) is 0 Å². The van der Waals surface area contributed by atoms with Crippen molar-refractivity contribution in [2.45, 2.75) is 65.2 Å². The molecule has 0 heteroatoms. The molecule has 0 aromatic heterocycles. The van der Waals surface area contributed by atoms with Crippen molar-refractivity contribution in [2.75, 3.05) is 0 Å². The SMILES string of the molecule is CCCC1=C/CC(CCC)CCC/[C]=C\1. The lowest BCUT2D eigenvalue weighted by molar-refractivity contribution is 0.437. The molecule has 0 amide bonds. The first kappa shape index (κ1) is 12.5. The number of hydrogen-bond acceptors (Lipinski definition) is 0. The molecule has 1 atom stereocenters. The molecule has 0 aliphatic heterocycles. The van der Waals surface area contributed by atoms with E-state index < -0.39 is 0 Å². The van der Waals surface area contributed by atoms with Crippen LogP contribution in [0, 0.1) is 12.0 Å². The Hall–Kier alpha value is -0.520. The number of hydrogen-bond donors (Lipinski definition) is 0. The van der Waals surface area contributed by atoms with E-state index in [-0.39, 0.29) is 0 Å². The quantitative estimate of drug-likeness (QED) is 0.601. The van der Waals surface area contributed by atoms with E-state index in [0.29, 0.717) is 0 Å². The van der Waals surface area contributed by atoms with Crippen molar-refractivity contribution in [3.8, 4) is 0 Å². The van der Waals surface area contributed by atoms with E-state index in [1.807, 2.05) is 0 Å². The molecule has 0 nitrogen and oxygen atoms in total. The van der Waals surface area contributed by atoms with Gasteiger partial charge in [0.05, 0.1) is 0 Å². The average Bonchev–Trinajstić information content (AvgIpc) is 2.33. The van der Waals surface area contributed by atoms with Crippen molar-refractivity contribution < 1.29 is 0 Å². The molecule has 1 radical (unpaired) electrons. The molecule has 15 heavy (non-hydrogen) atoms. The van der Waals surface area contributed by atoms with Gasteiger partial charge in [0, 0.05) is 0 Å². The van der Waals surface area contributed by atoms with Crippen molar-refractivity contribution in [3.63, 3.8) is 0 Å². The Morgan fingerprint density at radius 3 is 2.93 bits per heavy atom. The Morgan fingerprint density at radius 2 is 2.20 bits per heavy atom. The van der Waals surface area contributed by atoms with Crippen molar-refractivity contribution >= 4 is 0 Å². The third-order valence-electron chi connectivity index (χ3n) is 3.17. The Bertz CT molecular complexity index is 210. The monoisotopic (exact) mass is 205 g/mol. The number of rotatable bonds is 4. The Labute approximate surface area is 95.5 Å². The standard InChI is InChI=1S/C15H25/c1-3-8-14-10-6-5-7-11-15(9-4-2)13-12-14/h11,13-14H,3-6,8-10,12H2,1-2H3/b11-7?,15-13-. The molecule has 0 heterocycles. The average molecular weight is 205 g/mol. The van der Waals surface area contributed by atoms with Gasteiger partial charge in [0.1, 0.15) is 0 Å². The molecule has 1 rings (SSSR count). The molecule has 0 saturated carbocycles. The van der Waals surface area contributed by atoms with Crippen LogP contribution in [-0.2, 0) is 0 Å². The van der Waals surface area contributed by atoms with Gasteiger partial charge in [0.25, 0.3) is 0 Å². The van der Waals surface area contributed by atoms with Gasteiger partial charge in [-0.05, 0) is 44.1 Å². The fraction of sp³-hybridized carbons (Fsp3) is 0.733. The van der Waals surface area contributed by atoms with Gasteiger partial charge in [-0.2, -0.15) is 0 Å². The maximum absolute atomic E-state index is 3.43.